The Morgan fingerprint density at radius 2 is 1.84 bits per heavy atom. The van der Waals surface area contributed by atoms with E-state index in [1.165, 1.54) is 11.8 Å². The van der Waals surface area contributed by atoms with Crippen molar-refractivity contribution in [3.63, 3.8) is 0 Å². The monoisotopic (exact) mass is 423 g/mol. The van der Waals surface area contributed by atoms with E-state index in [4.69, 9.17) is 13.9 Å². The summed E-state index contributed by atoms with van der Waals surface area (Å²) in [6, 6.07) is 18.3. The van der Waals surface area contributed by atoms with Crippen LogP contribution in [0, 0.1) is 0 Å². The molecule has 1 aromatic heterocycles. The Labute approximate surface area is 183 Å². The number of benzene rings is 2. The highest BCUT2D eigenvalue weighted by atomic mass is 16.5. The first-order valence-corrected chi connectivity index (χ1v) is 10.2. The van der Waals surface area contributed by atoms with Gasteiger partial charge in [-0.1, -0.05) is 48.5 Å². The molecule has 0 bridgehead atoms. The van der Waals surface area contributed by atoms with Crippen LogP contribution in [-0.4, -0.2) is 43.2 Å². The Kier molecular flexibility index (Phi) is 8.20. The molecule has 7 heteroatoms. The van der Waals surface area contributed by atoms with Gasteiger partial charge in [0.1, 0.15) is 12.0 Å². The van der Waals surface area contributed by atoms with E-state index in [1.54, 1.807) is 14.2 Å². The smallest absolute Gasteiger partial charge is 0.273 e. The number of carbonyl (C=O) groups is 1. The Bertz CT molecular complexity index is 958. The Balaban J connectivity index is 1.79. The third-order valence-electron chi connectivity index (χ3n) is 5.11. The average Bonchev–Trinajstić information content (AvgIpc) is 3.28. The zero-order chi connectivity index (χ0) is 22.1. The van der Waals surface area contributed by atoms with Gasteiger partial charge in [0.05, 0.1) is 20.3 Å². The third kappa shape index (κ3) is 6.16. The molecule has 0 saturated carbocycles. The van der Waals surface area contributed by atoms with Crippen molar-refractivity contribution in [3.8, 4) is 5.75 Å². The highest BCUT2D eigenvalue weighted by Crippen LogP contribution is 2.27. The highest BCUT2D eigenvalue weighted by molar-refractivity contribution is 5.91. The molecule has 1 N–H and O–H groups in total. The predicted molar refractivity (Wildman–Crippen MR) is 118 cm³/mol. The summed E-state index contributed by atoms with van der Waals surface area (Å²) in [6.45, 7) is 4.09. The van der Waals surface area contributed by atoms with Crippen LogP contribution in [0.4, 0.5) is 0 Å². The van der Waals surface area contributed by atoms with E-state index in [0.29, 0.717) is 32.1 Å². The van der Waals surface area contributed by atoms with Gasteiger partial charge in [-0.3, -0.25) is 9.69 Å². The summed E-state index contributed by atoms with van der Waals surface area (Å²) < 4.78 is 16.1. The number of aromatic nitrogens is 1. The quantitative estimate of drug-likeness (QED) is 0.473. The van der Waals surface area contributed by atoms with Crippen molar-refractivity contribution in [2.45, 2.75) is 26.1 Å². The summed E-state index contributed by atoms with van der Waals surface area (Å²) in [5, 5.41) is 2.75. The van der Waals surface area contributed by atoms with Gasteiger partial charge in [-0.15, -0.1) is 0 Å². The number of hydrogen-bond donors (Lipinski definition) is 1. The summed E-state index contributed by atoms with van der Waals surface area (Å²) in [5.41, 5.74) is 2.51. The summed E-state index contributed by atoms with van der Waals surface area (Å²) in [5.74, 6) is 1.03. The number of oxazole rings is 1. The molecular weight excluding hydrogens is 394 g/mol. The maximum atomic E-state index is 12.2. The molecule has 3 rings (SSSR count). The number of rotatable bonds is 11. The van der Waals surface area contributed by atoms with Crippen LogP contribution in [0.25, 0.3) is 0 Å². The molecule has 1 amide bonds. The van der Waals surface area contributed by atoms with Crippen molar-refractivity contribution < 1.29 is 18.7 Å². The van der Waals surface area contributed by atoms with Crippen LogP contribution in [0.2, 0.25) is 0 Å². The number of methoxy groups -OCH3 is 2. The van der Waals surface area contributed by atoms with Crippen LogP contribution in [-0.2, 0) is 17.8 Å². The zero-order valence-corrected chi connectivity index (χ0v) is 18.2. The fourth-order valence-corrected chi connectivity index (χ4v) is 3.34. The second-order valence-corrected chi connectivity index (χ2v) is 7.18. The van der Waals surface area contributed by atoms with Gasteiger partial charge in [0, 0.05) is 31.8 Å². The summed E-state index contributed by atoms with van der Waals surface area (Å²) in [4.78, 5) is 18.9. The van der Waals surface area contributed by atoms with E-state index in [0.717, 1.165) is 11.3 Å². The molecule has 31 heavy (non-hydrogen) atoms. The van der Waals surface area contributed by atoms with Gasteiger partial charge in [-0.25, -0.2) is 4.98 Å². The first kappa shape index (κ1) is 22.5. The molecule has 0 unspecified atom stereocenters. The predicted octanol–water partition coefficient (Wildman–Crippen LogP) is 3.82. The zero-order valence-electron chi connectivity index (χ0n) is 18.2. The lowest BCUT2D eigenvalue weighted by molar-refractivity contribution is 0.0932. The van der Waals surface area contributed by atoms with Gasteiger partial charge < -0.3 is 19.2 Å². The molecule has 0 fully saturated rings. The Morgan fingerprint density at radius 1 is 1.10 bits per heavy atom. The molecular formula is C24H29N3O4. The van der Waals surface area contributed by atoms with Crippen molar-refractivity contribution in [2.24, 2.45) is 0 Å². The van der Waals surface area contributed by atoms with Crippen molar-refractivity contribution >= 4 is 5.91 Å². The minimum Gasteiger partial charge on any atom is -0.496 e. The third-order valence-corrected chi connectivity index (χ3v) is 5.11. The molecule has 0 spiro atoms. The van der Waals surface area contributed by atoms with Gasteiger partial charge in [0.15, 0.2) is 5.69 Å². The molecule has 1 heterocycles. The highest BCUT2D eigenvalue weighted by Gasteiger charge is 2.21. The van der Waals surface area contributed by atoms with Crippen LogP contribution in [0.3, 0.4) is 0 Å². The lowest BCUT2D eigenvalue weighted by atomic mass is 10.1. The molecule has 0 saturated heterocycles. The van der Waals surface area contributed by atoms with Crippen molar-refractivity contribution in [3.05, 3.63) is 83.6 Å². The Hall–Kier alpha value is -3.16. The standard InChI is InChI=1S/C24H29N3O4/c1-18(19-9-5-4-6-10-19)27(15-20-11-7-8-12-22(20)30-3)16-23-26-21(17-31-23)24(28)25-13-14-29-2/h4-12,17-18H,13-16H2,1-3H3,(H,25,28)/t18-/m0/s1. The first-order valence-electron chi connectivity index (χ1n) is 10.2. The van der Waals surface area contributed by atoms with Crippen molar-refractivity contribution in [1.29, 1.82) is 0 Å². The normalized spacial score (nSPS) is 12.0. The molecule has 0 aliphatic carbocycles. The number of hydrogen-bond acceptors (Lipinski definition) is 6. The van der Waals surface area contributed by atoms with Crippen LogP contribution >= 0.6 is 0 Å². The molecule has 0 aliphatic heterocycles. The maximum absolute atomic E-state index is 12.2. The van der Waals surface area contributed by atoms with E-state index in [2.05, 4.69) is 34.3 Å². The van der Waals surface area contributed by atoms with Crippen molar-refractivity contribution in [2.75, 3.05) is 27.4 Å². The molecule has 0 radical (unpaired) electrons. The summed E-state index contributed by atoms with van der Waals surface area (Å²) in [7, 11) is 3.26. The number of ether oxygens (including phenoxy) is 2. The average molecular weight is 424 g/mol. The van der Waals surface area contributed by atoms with Gasteiger partial charge in [0.2, 0.25) is 5.89 Å². The molecule has 2 aromatic carbocycles. The van der Waals surface area contributed by atoms with Crippen LogP contribution in [0.5, 0.6) is 5.75 Å². The summed E-state index contributed by atoms with van der Waals surface area (Å²) >= 11 is 0. The SMILES string of the molecule is COCCNC(=O)c1coc(CN(Cc2ccccc2OC)[C@@H](C)c2ccccc2)n1. The fourth-order valence-electron chi connectivity index (χ4n) is 3.34. The Morgan fingerprint density at radius 3 is 2.58 bits per heavy atom. The molecule has 164 valence electrons. The molecule has 7 nitrogen and oxygen atoms in total. The van der Waals surface area contributed by atoms with E-state index in [1.807, 2.05) is 42.5 Å². The van der Waals surface area contributed by atoms with Crippen LogP contribution in [0.15, 0.2) is 65.3 Å². The largest absolute Gasteiger partial charge is 0.496 e. The summed E-state index contributed by atoms with van der Waals surface area (Å²) in [6.07, 6.45) is 1.39. The number of nitrogens with one attached hydrogen (secondary N) is 1. The number of para-hydroxylation sites is 1. The number of carbonyl (C=O) groups excluding carboxylic acids is 1. The van der Waals surface area contributed by atoms with Crippen LogP contribution < -0.4 is 10.1 Å². The minimum absolute atomic E-state index is 0.0944. The minimum atomic E-state index is -0.278. The molecule has 3 aromatic rings. The van der Waals surface area contributed by atoms with Crippen LogP contribution in [0.1, 0.15) is 40.5 Å². The van der Waals surface area contributed by atoms with Gasteiger partial charge in [-0.05, 0) is 18.6 Å². The first-order chi connectivity index (χ1) is 15.1. The van der Waals surface area contributed by atoms with Gasteiger partial charge >= 0.3 is 0 Å². The van der Waals surface area contributed by atoms with E-state index >= 15 is 0 Å². The second kappa shape index (κ2) is 11.3. The molecule has 1 atom stereocenters. The van der Waals surface area contributed by atoms with Gasteiger partial charge in [0.25, 0.3) is 5.91 Å². The van der Waals surface area contributed by atoms with E-state index < -0.39 is 0 Å². The second-order valence-electron chi connectivity index (χ2n) is 7.18. The van der Waals surface area contributed by atoms with E-state index in [-0.39, 0.29) is 17.6 Å². The molecule has 0 aliphatic rings. The van der Waals surface area contributed by atoms with Gasteiger partial charge in [-0.2, -0.15) is 0 Å². The number of nitrogens with zero attached hydrogens (tertiary/aromatic N) is 2. The van der Waals surface area contributed by atoms with E-state index in [9.17, 15) is 4.79 Å². The number of amides is 1. The lowest BCUT2D eigenvalue weighted by Crippen LogP contribution is -2.28. The fraction of sp³-hybridized carbons (Fsp3) is 0.333. The van der Waals surface area contributed by atoms with Crippen molar-refractivity contribution in [1.82, 2.24) is 15.2 Å². The maximum Gasteiger partial charge on any atom is 0.273 e. The topological polar surface area (TPSA) is 76.8 Å². The lowest BCUT2D eigenvalue weighted by Gasteiger charge is -2.29.